The molecule has 2 rings (SSSR count). The fraction of sp³-hybridized carbons (Fsp3) is 0.0909. The second-order valence-electron chi connectivity index (χ2n) is 3.47. The van der Waals surface area contributed by atoms with Crippen LogP contribution in [0.5, 0.6) is 0 Å². The zero-order valence-electron chi connectivity index (χ0n) is 8.99. The Bertz CT molecular complexity index is 572. The second-order valence-corrected chi connectivity index (χ2v) is 3.47. The summed E-state index contributed by atoms with van der Waals surface area (Å²) in [6, 6.07) is 3.19. The van der Waals surface area contributed by atoms with Crippen LogP contribution in [0, 0.1) is 6.92 Å². The van der Waals surface area contributed by atoms with Crippen molar-refractivity contribution in [3.05, 3.63) is 41.5 Å². The topological polar surface area (TPSA) is 85.1 Å². The van der Waals surface area contributed by atoms with Crippen molar-refractivity contribution in [3.8, 4) is 5.69 Å². The third-order valence-electron chi connectivity index (χ3n) is 2.26. The van der Waals surface area contributed by atoms with Gasteiger partial charge in [-0.25, -0.2) is 9.48 Å². The summed E-state index contributed by atoms with van der Waals surface area (Å²) in [5, 5.41) is 12.8. The minimum Gasteiger partial charge on any atom is -0.476 e. The maximum absolute atomic E-state index is 10.8. The molecule has 17 heavy (non-hydrogen) atoms. The quantitative estimate of drug-likeness (QED) is 0.799. The minimum atomic E-state index is -1.07. The number of rotatable bonds is 3. The lowest BCUT2D eigenvalue weighted by atomic mass is 10.3. The molecule has 0 saturated heterocycles. The molecule has 0 saturated carbocycles. The molecule has 0 amide bonds. The molecule has 0 aliphatic rings. The number of carbonyl (C=O) groups excluding carboxylic acids is 1. The molecule has 0 unspecified atom stereocenters. The summed E-state index contributed by atoms with van der Waals surface area (Å²) >= 11 is 0. The van der Waals surface area contributed by atoms with Crippen molar-refractivity contribution in [1.82, 2.24) is 14.8 Å². The van der Waals surface area contributed by atoms with E-state index in [1.54, 1.807) is 25.3 Å². The smallest absolute Gasteiger partial charge is 0.356 e. The zero-order chi connectivity index (χ0) is 12.4. The molecule has 2 aromatic heterocycles. The SMILES string of the molecule is Cc1cn(-c2ccc(C=O)nc2)nc1C(=O)O. The number of aromatic carboxylic acids is 1. The fourth-order valence-corrected chi connectivity index (χ4v) is 1.41. The highest BCUT2D eigenvalue weighted by Crippen LogP contribution is 2.11. The lowest BCUT2D eigenvalue weighted by molar-refractivity contribution is 0.0689. The number of nitrogens with zero attached hydrogens (tertiary/aromatic N) is 3. The van der Waals surface area contributed by atoms with Crippen LogP contribution < -0.4 is 0 Å². The van der Waals surface area contributed by atoms with Crippen molar-refractivity contribution in [2.45, 2.75) is 6.92 Å². The zero-order valence-corrected chi connectivity index (χ0v) is 8.99. The first-order chi connectivity index (χ1) is 8.11. The number of pyridine rings is 1. The Morgan fingerprint density at radius 2 is 2.24 bits per heavy atom. The van der Waals surface area contributed by atoms with Crippen LogP contribution in [0.15, 0.2) is 24.5 Å². The van der Waals surface area contributed by atoms with Crippen LogP contribution in [0.2, 0.25) is 0 Å². The molecule has 6 nitrogen and oxygen atoms in total. The van der Waals surface area contributed by atoms with E-state index in [0.29, 0.717) is 23.2 Å². The van der Waals surface area contributed by atoms with E-state index in [4.69, 9.17) is 5.11 Å². The molecular formula is C11H9N3O3. The highest BCUT2D eigenvalue weighted by molar-refractivity contribution is 5.86. The molecule has 6 heteroatoms. The molecule has 1 N–H and O–H groups in total. The van der Waals surface area contributed by atoms with E-state index < -0.39 is 5.97 Å². The van der Waals surface area contributed by atoms with E-state index in [-0.39, 0.29) is 5.69 Å². The van der Waals surface area contributed by atoms with E-state index in [1.165, 1.54) is 10.9 Å². The van der Waals surface area contributed by atoms with Crippen LogP contribution in [-0.2, 0) is 0 Å². The van der Waals surface area contributed by atoms with Gasteiger partial charge in [-0.15, -0.1) is 0 Å². The van der Waals surface area contributed by atoms with Crippen molar-refractivity contribution >= 4 is 12.3 Å². The molecule has 0 radical (unpaired) electrons. The molecule has 0 aromatic carbocycles. The Morgan fingerprint density at radius 1 is 1.47 bits per heavy atom. The Balaban J connectivity index is 2.42. The number of hydrogen-bond acceptors (Lipinski definition) is 4. The van der Waals surface area contributed by atoms with Crippen molar-refractivity contribution < 1.29 is 14.7 Å². The first-order valence-corrected chi connectivity index (χ1v) is 4.83. The predicted molar refractivity (Wildman–Crippen MR) is 58.4 cm³/mol. The first kappa shape index (κ1) is 11.0. The summed E-state index contributed by atoms with van der Waals surface area (Å²) in [5.41, 5.74) is 1.49. The lowest BCUT2D eigenvalue weighted by Gasteiger charge is -1.99. The Labute approximate surface area is 96.5 Å². The van der Waals surface area contributed by atoms with Gasteiger partial charge in [-0.3, -0.25) is 9.78 Å². The van der Waals surface area contributed by atoms with Crippen LogP contribution in [0.25, 0.3) is 5.69 Å². The van der Waals surface area contributed by atoms with Gasteiger partial charge in [0.05, 0.1) is 11.9 Å². The van der Waals surface area contributed by atoms with E-state index in [9.17, 15) is 9.59 Å². The van der Waals surface area contributed by atoms with Gasteiger partial charge in [0.1, 0.15) is 5.69 Å². The van der Waals surface area contributed by atoms with E-state index in [1.807, 2.05) is 0 Å². The van der Waals surface area contributed by atoms with Gasteiger partial charge in [0, 0.05) is 11.8 Å². The van der Waals surface area contributed by atoms with Crippen molar-refractivity contribution in [2.24, 2.45) is 0 Å². The summed E-state index contributed by atoms with van der Waals surface area (Å²) in [5.74, 6) is -1.07. The maximum atomic E-state index is 10.8. The number of carboxylic acids is 1. The summed E-state index contributed by atoms with van der Waals surface area (Å²) in [7, 11) is 0. The van der Waals surface area contributed by atoms with Gasteiger partial charge in [-0.2, -0.15) is 5.10 Å². The first-order valence-electron chi connectivity index (χ1n) is 4.83. The Kier molecular flexibility index (Phi) is 2.70. The molecule has 86 valence electrons. The van der Waals surface area contributed by atoms with Gasteiger partial charge in [-0.1, -0.05) is 0 Å². The van der Waals surface area contributed by atoms with Crippen molar-refractivity contribution in [3.63, 3.8) is 0 Å². The molecule has 0 fully saturated rings. The lowest BCUT2D eigenvalue weighted by Crippen LogP contribution is -2.02. The largest absolute Gasteiger partial charge is 0.476 e. The minimum absolute atomic E-state index is 0.00413. The standard InChI is InChI=1S/C11H9N3O3/c1-7-5-14(13-10(7)11(16)17)9-3-2-8(6-15)12-4-9/h2-6H,1H3,(H,16,17). The average molecular weight is 231 g/mol. The Morgan fingerprint density at radius 3 is 2.71 bits per heavy atom. The normalized spacial score (nSPS) is 10.2. The molecule has 0 aliphatic heterocycles. The number of aldehydes is 1. The molecule has 2 aromatic rings. The van der Waals surface area contributed by atoms with Gasteiger partial charge in [0.25, 0.3) is 0 Å². The number of aromatic nitrogens is 3. The maximum Gasteiger partial charge on any atom is 0.356 e. The van der Waals surface area contributed by atoms with Crippen LogP contribution in [0.1, 0.15) is 26.5 Å². The fourth-order valence-electron chi connectivity index (χ4n) is 1.41. The number of carbonyl (C=O) groups is 2. The third-order valence-corrected chi connectivity index (χ3v) is 2.26. The van der Waals surface area contributed by atoms with Gasteiger partial charge >= 0.3 is 5.97 Å². The monoisotopic (exact) mass is 231 g/mol. The summed E-state index contributed by atoms with van der Waals surface area (Å²) in [6.45, 7) is 1.67. The highest BCUT2D eigenvalue weighted by atomic mass is 16.4. The van der Waals surface area contributed by atoms with Crippen molar-refractivity contribution in [2.75, 3.05) is 0 Å². The molecule has 2 heterocycles. The highest BCUT2D eigenvalue weighted by Gasteiger charge is 2.12. The second kappa shape index (κ2) is 4.17. The van der Waals surface area contributed by atoms with Gasteiger partial charge < -0.3 is 5.11 Å². The van der Waals surface area contributed by atoms with Crippen LogP contribution in [0.3, 0.4) is 0 Å². The molecule has 0 spiro atoms. The molecule has 0 aliphatic carbocycles. The number of carboxylic acid groups (broad SMARTS) is 1. The van der Waals surface area contributed by atoms with Crippen LogP contribution in [0.4, 0.5) is 0 Å². The van der Waals surface area contributed by atoms with Gasteiger partial charge in [0.15, 0.2) is 12.0 Å². The summed E-state index contributed by atoms with van der Waals surface area (Å²) in [4.78, 5) is 25.1. The van der Waals surface area contributed by atoms with Gasteiger partial charge in [0.2, 0.25) is 0 Å². The molecule has 0 atom stereocenters. The summed E-state index contributed by atoms with van der Waals surface area (Å²) in [6.07, 6.45) is 3.70. The van der Waals surface area contributed by atoms with Crippen molar-refractivity contribution in [1.29, 1.82) is 0 Å². The third kappa shape index (κ3) is 2.05. The summed E-state index contributed by atoms with van der Waals surface area (Å²) < 4.78 is 1.42. The molecule has 0 bridgehead atoms. The predicted octanol–water partition coefficient (Wildman–Crippen LogP) is 1.09. The van der Waals surface area contributed by atoms with Crippen LogP contribution in [-0.4, -0.2) is 32.1 Å². The van der Waals surface area contributed by atoms with E-state index in [0.717, 1.165) is 0 Å². The van der Waals surface area contributed by atoms with E-state index in [2.05, 4.69) is 10.1 Å². The Hall–Kier alpha value is -2.50. The molecular weight excluding hydrogens is 222 g/mol. The van der Waals surface area contributed by atoms with E-state index >= 15 is 0 Å². The number of hydrogen-bond donors (Lipinski definition) is 1. The number of aryl methyl sites for hydroxylation is 1. The van der Waals surface area contributed by atoms with Gasteiger partial charge in [-0.05, 0) is 19.1 Å². The average Bonchev–Trinajstić information content (AvgIpc) is 2.71. The van der Waals surface area contributed by atoms with Crippen LogP contribution >= 0.6 is 0 Å².